The van der Waals surface area contributed by atoms with E-state index in [0.717, 1.165) is 22.7 Å². The Morgan fingerprint density at radius 1 is 0.385 bits per heavy atom. The summed E-state index contributed by atoms with van der Waals surface area (Å²) in [7, 11) is 0. The number of rotatable bonds is 7. The maximum atomic E-state index is 2.64. The maximum absolute atomic E-state index is 2.64. The molecule has 0 saturated heterocycles. The second-order valence-corrected chi connectivity index (χ2v) is 30.2. The number of aryl methyl sites for hydroxylation is 5. The molecule has 0 unspecified atom stereocenters. The molecule has 0 bridgehead atoms. The summed E-state index contributed by atoms with van der Waals surface area (Å²) in [5.74, 6) is 0. The van der Waals surface area contributed by atoms with E-state index >= 15 is 0 Å². The average molecular weight is 1180 g/mol. The fourth-order valence-electron chi connectivity index (χ4n) is 15.8. The van der Waals surface area contributed by atoms with Crippen LogP contribution in [0, 0.1) is 34.6 Å². The molecule has 3 heterocycles. The smallest absolute Gasteiger partial charge is 0.252 e. The van der Waals surface area contributed by atoms with Crippen molar-refractivity contribution in [2.24, 2.45) is 0 Å². The van der Waals surface area contributed by atoms with Crippen LogP contribution in [0.1, 0.15) is 132 Å². The topological polar surface area (TPSA) is 14.7 Å². The monoisotopic (exact) mass is 1180 g/mol. The molecule has 1 aliphatic carbocycles. The first-order valence-corrected chi connectivity index (χ1v) is 32.9. The number of nitrogens with zero attached hydrogens (tertiary/aromatic N) is 4. The second-order valence-electron chi connectivity index (χ2n) is 30.2. The molecule has 450 valence electrons. The molecule has 3 aliphatic rings. The van der Waals surface area contributed by atoms with E-state index in [-0.39, 0.29) is 28.4 Å². The minimum Gasteiger partial charge on any atom is -0.311 e. The number of anilines is 9. The van der Waals surface area contributed by atoms with E-state index in [0.29, 0.717) is 0 Å². The molecule has 0 radical (unpaired) electrons. The van der Waals surface area contributed by atoms with Crippen molar-refractivity contribution in [3.8, 4) is 27.9 Å². The first-order chi connectivity index (χ1) is 43.3. The van der Waals surface area contributed by atoms with Crippen molar-refractivity contribution in [1.29, 1.82) is 0 Å². The van der Waals surface area contributed by atoms with Gasteiger partial charge in [-0.15, -0.1) is 0 Å². The lowest BCUT2D eigenvalue weighted by molar-refractivity contribution is 0.589. The van der Waals surface area contributed by atoms with Gasteiger partial charge in [-0.2, -0.15) is 0 Å². The number of hydrogen-bond donors (Lipinski definition) is 0. The highest BCUT2D eigenvalue weighted by molar-refractivity contribution is 7.00. The summed E-state index contributed by atoms with van der Waals surface area (Å²) in [4.78, 5) is 7.81. The molecule has 12 aromatic rings. The van der Waals surface area contributed by atoms with Crippen LogP contribution >= 0.6 is 0 Å². The summed E-state index contributed by atoms with van der Waals surface area (Å²) in [5, 5.41) is 2.47. The molecule has 0 N–H and O–H groups in total. The molecule has 15 rings (SSSR count). The Morgan fingerprint density at radius 2 is 0.978 bits per heavy atom. The third-order valence-corrected chi connectivity index (χ3v) is 20.5. The van der Waals surface area contributed by atoms with Gasteiger partial charge in [0.25, 0.3) is 6.71 Å². The Kier molecular flexibility index (Phi) is 13.2. The summed E-state index contributed by atoms with van der Waals surface area (Å²) in [5.41, 5.74) is 36.0. The quantitative estimate of drug-likeness (QED) is 0.148. The van der Waals surface area contributed by atoms with Gasteiger partial charge in [0, 0.05) is 61.7 Å². The van der Waals surface area contributed by atoms with Crippen LogP contribution in [0.15, 0.2) is 212 Å². The third kappa shape index (κ3) is 9.23. The molecular formula is C86H83BN4. The number of benzene rings is 11. The molecule has 11 aromatic carbocycles. The van der Waals surface area contributed by atoms with E-state index in [1.54, 1.807) is 0 Å². The third-order valence-electron chi connectivity index (χ3n) is 20.5. The van der Waals surface area contributed by atoms with Gasteiger partial charge in [-0.05, 0) is 236 Å². The van der Waals surface area contributed by atoms with Crippen LogP contribution in [0.2, 0.25) is 0 Å². The van der Waals surface area contributed by atoms with E-state index in [2.05, 4.69) is 342 Å². The summed E-state index contributed by atoms with van der Waals surface area (Å²) >= 11 is 0. The van der Waals surface area contributed by atoms with Gasteiger partial charge in [-0.25, -0.2) is 0 Å². The minimum atomic E-state index is -0.0935. The molecule has 2 aliphatic heterocycles. The Balaban J connectivity index is 0.966. The van der Waals surface area contributed by atoms with Gasteiger partial charge in [0.15, 0.2) is 0 Å². The van der Waals surface area contributed by atoms with Gasteiger partial charge < -0.3 is 19.3 Å². The van der Waals surface area contributed by atoms with Gasteiger partial charge in [-0.1, -0.05) is 197 Å². The fourth-order valence-corrected chi connectivity index (χ4v) is 15.8. The van der Waals surface area contributed by atoms with Crippen molar-refractivity contribution in [3.05, 3.63) is 268 Å². The van der Waals surface area contributed by atoms with Crippen molar-refractivity contribution in [2.75, 3.05) is 14.7 Å². The average Bonchev–Trinajstić information content (AvgIpc) is 1.49. The molecule has 0 atom stereocenters. The SMILES string of the molecule is Cc1cc2c3c(c1)N(c1c(C)cc(-c4ccc5c(c4)C(C)(C)c4ccccc4-5)cc1C)c1ccc(C(C)(C)C)cc1B3c1ccc(N(c3ccc4c5ccccc5n(-c5ccccc5)c4c3)c3c(C)cc(C(C)(C)C)cc3C)cc1N2c1ccc(C(C)(C)C)cc1. The van der Waals surface area contributed by atoms with Crippen molar-refractivity contribution in [2.45, 2.75) is 132 Å². The summed E-state index contributed by atoms with van der Waals surface area (Å²) in [6.07, 6.45) is 0. The predicted octanol–water partition coefficient (Wildman–Crippen LogP) is 21.7. The van der Waals surface area contributed by atoms with Crippen molar-refractivity contribution in [3.63, 3.8) is 0 Å². The standard InChI is InChI=1S/C86H83BN4/c1-52-42-78-80-79(43-52)91(82-53(2)44-58(45-54(82)3)57-30-38-67-66-26-20-22-28-70(66)86(15,16)71(67)48-57)75-41-33-60(84(9,10)11)49-73(75)87(80)72-40-37-65(51-77(72)90(78)63-34-31-59(32-35-63)83(6,7)8)88(81-55(4)46-61(47-56(81)5)85(12,13)14)64-36-39-69-68-27-21-23-29-74(68)89(76(69)50-64)62-24-18-17-19-25-62/h17-51H,1-16H3. The molecule has 5 heteroatoms. The zero-order valence-electron chi connectivity index (χ0n) is 56.1. The lowest BCUT2D eigenvalue weighted by Gasteiger charge is -2.45. The van der Waals surface area contributed by atoms with Crippen molar-refractivity contribution < 1.29 is 0 Å². The number of aromatic nitrogens is 1. The highest BCUT2D eigenvalue weighted by Crippen LogP contribution is 2.53. The fraction of sp³-hybridized carbons (Fsp3) is 0.233. The van der Waals surface area contributed by atoms with Gasteiger partial charge in [0.05, 0.1) is 22.4 Å². The van der Waals surface area contributed by atoms with Crippen LogP contribution in [0.5, 0.6) is 0 Å². The highest BCUT2D eigenvalue weighted by Gasteiger charge is 2.45. The largest absolute Gasteiger partial charge is 0.311 e. The zero-order valence-corrected chi connectivity index (χ0v) is 56.1. The zero-order chi connectivity index (χ0) is 63.5. The number of para-hydroxylation sites is 2. The lowest BCUT2D eigenvalue weighted by Crippen LogP contribution is -2.61. The Labute approximate surface area is 540 Å². The van der Waals surface area contributed by atoms with Crippen LogP contribution in [0.3, 0.4) is 0 Å². The van der Waals surface area contributed by atoms with E-state index in [1.165, 1.54) is 150 Å². The van der Waals surface area contributed by atoms with Crippen LogP contribution < -0.4 is 31.1 Å². The van der Waals surface area contributed by atoms with Gasteiger partial charge in [0.2, 0.25) is 0 Å². The van der Waals surface area contributed by atoms with Crippen LogP contribution in [-0.2, 0) is 21.7 Å². The van der Waals surface area contributed by atoms with E-state index in [1.807, 2.05) is 0 Å². The van der Waals surface area contributed by atoms with Crippen LogP contribution in [0.25, 0.3) is 49.7 Å². The summed E-state index contributed by atoms with van der Waals surface area (Å²) in [6.45, 7) is 37.3. The Bertz CT molecular complexity index is 4930. The highest BCUT2D eigenvalue weighted by atomic mass is 15.2. The molecule has 91 heavy (non-hydrogen) atoms. The molecule has 0 saturated carbocycles. The van der Waals surface area contributed by atoms with Gasteiger partial charge in [0.1, 0.15) is 0 Å². The van der Waals surface area contributed by atoms with Gasteiger partial charge in [-0.3, -0.25) is 0 Å². The number of hydrogen-bond acceptors (Lipinski definition) is 3. The lowest BCUT2D eigenvalue weighted by atomic mass is 9.33. The normalized spacial score (nSPS) is 14.0. The van der Waals surface area contributed by atoms with E-state index in [4.69, 9.17) is 0 Å². The Morgan fingerprint density at radius 3 is 1.67 bits per heavy atom. The first kappa shape index (κ1) is 58.1. The molecule has 0 spiro atoms. The van der Waals surface area contributed by atoms with Gasteiger partial charge >= 0.3 is 0 Å². The first-order valence-electron chi connectivity index (χ1n) is 32.9. The Hall–Kier alpha value is -9.32. The van der Waals surface area contributed by atoms with Crippen LogP contribution in [-0.4, -0.2) is 11.3 Å². The molecule has 4 nitrogen and oxygen atoms in total. The van der Waals surface area contributed by atoms with E-state index < -0.39 is 0 Å². The van der Waals surface area contributed by atoms with Crippen molar-refractivity contribution in [1.82, 2.24) is 4.57 Å². The number of fused-ring (bicyclic) bond motifs is 10. The maximum Gasteiger partial charge on any atom is 0.252 e. The molecule has 0 fully saturated rings. The molecule has 1 aromatic heterocycles. The van der Waals surface area contributed by atoms with Crippen LogP contribution in [0.4, 0.5) is 51.2 Å². The second kappa shape index (κ2) is 20.6. The summed E-state index contributed by atoms with van der Waals surface area (Å²) < 4.78 is 2.45. The summed E-state index contributed by atoms with van der Waals surface area (Å²) in [6, 6.07) is 82.0. The minimum absolute atomic E-state index is 0.0194. The van der Waals surface area contributed by atoms with E-state index in [9.17, 15) is 0 Å². The molecular weight excluding hydrogens is 1100 g/mol. The predicted molar refractivity (Wildman–Crippen MR) is 392 cm³/mol. The molecule has 0 amide bonds. The van der Waals surface area contributed by atoms with Crippen molar-refractivity contribution >= 4 is 96.1 Å².